The Morgan fingerprint density at radius 2 is 1.76 bits per heavy atom. The first-order valence-electron chi connectivity index (χ1n) is 12.0. The fraction of sp³-hybridized carbons (Fsp3) is 0.167. The highest BCUT2D eigenvalue weighted by Gasteiger charge is 2.23. The van der Waals surface area contributed by atoms with Crippen LogP contribution < -0.4 is 10.3 Å². The third kappa shape index (κ3) is 5.41. The lowest BCUT2D eigenvalue weighted by molar-refractivity contribution is 0.306. The number of aromatic nitrogens is 2. The van der Waals surface area contributed by atoms with Crippen LogP contribution >= 0.6 is 43.5 Å². The molecule has 0 unspecified atom stereocenters. The first kappa shape index (κ1) is 26.6. The fourth-order valence-electron chi connectivity index (χ4n) is 4.23. The van der Waals surface area contributed by atoms with Crippen LogP contribution in [0.1, 0.15) is 37.7 Å². The van der Waals surface area contributed by atoms with Gasteiger partial charge in [-0.3, -0.25) is 4.79 Å². The SMILES string of the molecule is CC(C)(C)c1nc2ccc(Br)cc2c(=O)n1N=Cc1cc(Cl)c(OCc2cccc3ccccc23)c(Br)c1. The lowest BCUT2D eigenvalue weighted by Crippen LogP contribution is -2.29. The summed E-state index contributed by atoms with van der Waals surface area (Å²) in [7, 11) is 0. The molecule has 192 valence electrons. The van der Waals surface area contributed by atoms with Crippen molar-refractivity contribution in [3.05, 3.63) is 114 Å². The highest BCUT2D eigenvalue weighted by Crippen LogP contribution is 2.35. The molecule has 0 aliphatic carbocycles. The molecule has 0 aliphatic rings. The average Bonchev–Trinajstić information content (AvgIpc) is 2.87. The molecule has 0 aliphatic heterocycles. The molecule has 0 N–H and O–H groups in total. The molecule has 0 bridgehead atoms. The van der Waals surface area contributed by atoms with E-state index in [1.165, 1.54) is 4.68 Å². The summed E-state index contributed by atoms with van der Waals surface area (Å²) in [4.78, 5) is 18.2. The lowest BCUT2D eigenvalue weighted by Gasteiger charge is -2.21. The van der Waals surface area contributed by atoms with Crippen LogP contribution in [0.3, 0.4) is 0 Å². The van der Waals surface area contributed by atoms with Crippen LogP contribution in [0, 0.1) is 0 Å². The van der Waals surface area contributed by atoms with Crippen molar-refractivity contribution in [3.8, 4) is 5.75 Å². The van der Waals surface area contributed by atoms with Crippen LogP contribution in [-0.2, 0) is 12.0 Å². The summed E-state index contributed by atoms with van der Waals surface area (Å²) in [6.07, 6.45) is 1.60. The number of benzene rings is 4. The molecule has 0 amide bonds. The highest BCUT2D eigenvalue weighted by molar-refractivity contribution is 9.10. The molecule has 0 fully saturated rings. The molecular weight excluding hydrogens is 630 g/mol. The minimum Gasteiger partial charge on any atom is -0.486 e. The summed E-state index contributed by atoms with van der Waals surface area (Å²) in [5.41, 5.74) is 1.77. The fourth-order valence-corrected chi connectivity index (χ4v) is 5.58. The van der Waals surface area contributed by atoms with Gasteiger partial charge in [-0.05, 0) is 68.2 Å². The zero-order valence-electron chi connectivity index (χ0n) is 21.0. The molecule has 1 heterocycles. The third-order valence-corrected chi connectivity index (χ3v) is 7.44. The van der Waals surface area contributed by atoms with Crippen molar-refractivity contribution >= 4 is 71.4 Å². The quantitative estimate of drug-likeness (QED) is 0.179. The van der Waals surface area contributed by atoms with Crippen LogP contribution in [0.15, 0.2) is 91.6 Å². The van der Waals surface area contributed by atoms with Crippen LogP contribution in [0.2, 0.25) is 5.02 Å². The second kappa shape index (κ2) is 10.6. The third-order valence-electron chi connectivity index (χ3n) is 6.07. The van der Waals surface area contributed by atoms with Crippen molar-refractivity contribution < 1.29 is 4.74 Å². The first-order valence-corrected chi connectivity index (χ1v) is 13.9. The molecule has 5 rings (SSSR count). The van der Waals surface area contributed by atoms with Crippen molar-refractivity contribution in [3.63, 3.8) is 0 Å². The van der Waals surface area contributed by atoms with E-state index in [2.05, 4.69) is 55.2 Å². The lowest BCUT2D eigenvalue weighted by atomic mass is 9.95. The van der Waals surface area contributed by atoms with Gasteiger partial charge in [-0.1, -0.05) is 90.8 Å². The van der Waals surface area contributed by atoms with E-state index in [0.29, 0.717) is 44.1 Å². The summed E-state index contributed by atoms with van der Waals surface area (Å²) < 4.78 is 8.99. The van der Waals surface area contributed by atoms with Crippen molar-refractivity contribution in [2.24, 2.45) is 5.10 Å². The minimum absolute atomic E-state index is 0.238. The molecule has 0 saturated carbocycles. The molecule has 0 spiro atoms. The molecule has 5 nitrogen and oxygen atoms in total. The predicted molar refractivity (Wildman–Crippen MR) is 163 cm³/mol. The molecule has 0 radical (unpaired) electrons. The summed E-state index contributed by atoms with van der Waals surface area (Å²) >= 11 is 13.7. The zero-order chi connectivity index (χ0) is 27.0. The molecule has 4 aromatic carbocycles. The highest BCUT2D eigenvalue weighted by atomic mass is 79.9. The van der Waals surface area contributed by atoms with E-state index in [4.69, 9.17) is 21.3 Å². The van der Waals surface area contributed by atoms with E-state index in [0.717, 1.165) is 20.8 Å². The average molecular weight is 654 g/mol. The van der Waals surface area contributed by atoms with Gasteiger partial charge in [-0.25, -0.2) is 4.98 Å². The smallest absolute Gasteiger partial charge is 0.282 e. The summed E-state index contributed by atoms with van der Waals surface area (Å²) in [5, 5.41) is 7.76. The van der Waals surface area contributed by atoms with Crippen molar-refractivity contribution in [1.29, 1.82) is 0 Å². The van der Waals surface area contributed by atoms with Gasteiger partial charge in [0.05, 0.1) is 26.6 Å². The molecule has 0 saturated heterocycles. The number of hydrogen-bond donors (Lipinski definition) is 0. The summed E-state index contributed by atoms with van der Waals surface area (Å²) in [6, 6.07) is 23.4. The normalized spacial score (nSPS) is 12.1. The Hall–Kier alpha value is -3.00. The number of ether oxygens (including phenoxy) is 1. The van der Waals surface area contributed by atoms with Crippen molar-refractivity contribution in [1.82, 2.24) is 9.66 Å². The van der Waals surface area contributed by atoms with E-state index < -0.39 is 5.41 Å². The molecule has 0 atom stereocenters. The number of hydrogen-bond acceptors (Lipinski definition) is 4. The van der Waals surface area contributed by atoms with Gasteiger partial charge in [0.25, 0.3) is 5.56 Å². The summed E-state index contributed by atoms with van der Waals surface area (Å²) in [5.74, 6) is 1.11. The van der Waals surface area contributed by atoms with Crippen LogP contribution in [0.4, 0.5) is 0 Å². The van der Waals surface area contributed by atoms with Crippen LogP contribution in [0.5, 0.6) is 5.75 Å². The Kier molecular flexibility index (Phi) is 7.45. The zero-order valence-corrected chi connectivity index (χ0v) is 24.9. The summed E-state index contributed by atoms with van der Waals surface area (Å²) in [6.45, 7) is 6.37. The van der Waals surface area contributed by atoms with Gasteiger partial charge in [-0.2, -0.15) is 9.78 Å². The van der Waals surface area contributed by atoms with Gasteiger partial charge in [0, 0.05) is 9.89 Å². The van der Waals surface area contributed by atoms with Gasteiger partial charge in [-0.15, -0.1) is 0 Å². The Balaban J connectivity index is 1.47. The molecular formula is C30H24Br2ClN3O2. The second-order valence-corrected chi connectivity index (χ2v) is 12.1. The van der Waals surface area contributed by atoms with E-state index in [1.54, 1.807) is 18.3 Å². The van der Waals surface area contributed by atoms with E-state index in [1.807, 2.05) is 63.2 Å². The number of fused-ring (bicyclic) bond motifs is 2. The molecule has 5 aromatic rings. The van der Waals surface area contributed by atoms with Crippen LogP contribution in [-0.4, -0.2) is 15.9 Å². The van der Waals surface area contributed by atoms with E-state index >= 15 is 0 Å². The Labute approximate surface area is 242 Å². The van der Waals surface area contributed by atoms with Crippen molar-refractivity contribution in [2.45, 2.75) is 32.8 Å². The van der Waals surface area contributed by atoms with E-state index in [-0.39, 0.29) is 5.56 Å². The Morgan fingerprint density at radius 3 is 2.53 bits per heavy atom. The van der Waals surface area contributed by atoms with Gasteiger partial charge in [0.2, 0.25) is 0 Å². The van der Waals surface area contributed by atoms with Gasteiger partial charge >= 0.3 is 0 Å². The minimum atomic E-state index is -0.407. The Bertz CT molecular complexity index is 1750. The molecule has 38 heavy (non-hydrogen) atoms. The monoisotopic (exact) mass is 651 g/mol. The predicted octanol–water partition coefficient (Wildman–Crippen LogP) is 8.49. The Morgan fingerprint density at radius 1 is 1.00 bits per heavy atom. The maximum atomic E-state index is 13.4. The standard InChI is InChI=1S/C30H24Br2ClN3O2/c1-30(2,3)29-35-26-12-11-21(31)15-23(26)28(37)36(29)34-16-18-13-24(32)27(25(33)14-18)38-17-20-9-6-8-19-7-4-5-10-22(19)20/h4-16H,17H2,1-3H3. The van der Waals surface area contributed by atoms with Crippen molar-refractivity contribution in [2.75, 3.05) is 0 Å². The maximum absolute atomic E-state index is 13.4. The van der Waals surface area contributed by atoms with Crippen LogP contribution in [0.25, 0.3) is 21.7 Å². The molecule has 1 aromatic heterocycles. The first-order chi connectivity index (χ1) is 18.1. The number of nitrogens with zero attached hydrogens (tertiary/aromatic N) is 3. The van der Waals surface area contributed by atoms with Gasteiger partial charge in [0.1, 0.15) is 12.4 Å². The topological polar surface area (TPSA) is 56.5 Å². The largest absolute Gasteiger partial charge is 0.486 e. The number of rotatable bonds is 5. The van der Waals surface area contributed by atoms with E-state index in [9.17, 15) is 4.79 Å². The maximum Gasteiger partial charge on any atom is 0.282 e. The van der Waals surface area contributed by atoms with Gasteiger partial charge in [0.15, 0.2) is 5.75 Å². The van der Waals surface area contributed by atoms with Gasteiger partial charge < -0.3 is 4.74 Å². The molecule has 8 heteroatoms. The second-order valence-electron chi connectivity index (χ2n) is 9.95. The number of halogens is 3.